The molecule has 2 aromatic rings. The van der Waals surface area contributed by atoms with Gasteiger partial charge >= 0.3 is 0 Å². The summed E-state index contributed by atoms with van der Waals surface area (Å²) in [6, 6.07) is 11.6. The zero-order valence-electron chi connectivity index (χ0n) is 16.6. The first-order valence-electron chi connectivity index (χ1n) is 9.09. The highest BCUT2D eigenvalue weighted by Crippen LogP contribution is 2.42. The van der Waals surface area contributed by atoms with Crippen LogP contribution in [0.5, 0.6) is 0 Å². The summed E-state index contributed by atoms with van der Waals surface area (Å²) in [5, 5.41) is 12.9. The number of hydrogen-bond acceptors (Lipinski definition) is 7. The number of ether oxygens (including phenoxy) is 2. The van der Waals surface area contributed by atoms with Crippen LogP contribution in [0, 0.1) is 0 Å². The average Bonchev–Trinajstić information content (AvgIpc) is 2.93. The quantitative estimate of drug-likeness (QED) is 0.556. The van der Waals surface area contributed by atoms with Crippen molar-refractivity contribution in [2.75, 3.05) is 40.5 Å². The number of sulfonamides is 1. The second kappa shape index (κ2) is 8.86. The van der Waals surface area contributed by atoms with Gasteiger partial charge in [0, 0.05) is 27.3 Å². The molecule has 1 aliphatic rings. The van der Waals surface area contributed by atoms with Gasteiger partial charge in [0.15, 0.2) is 0 Å². The van der Waals surface area contributed by atoms with Crippen LogP contribution in [0.25, 0.3) is 10.7 Å². The molecular formula is C20H22NO7S2-. The van der Waals surface area contributed by atoms with E-state index in [0.717, 1.165) is 6.07 Å². The van der Waals surface area contributed by atoms with Gasteiger partial charge in [-0.25, -0.2) is 16.8 Å². The predicted octanol–water partition coefficient (Wildman–Crippen LogP) is 0.943. The molecule has 1 heterocycles. The molecule has 0 spiro atoms. The molecule has 0 bridgehead atoms. The summed E-state index contributed by atoms with van der Waals surface area (Å²) in [5.41, 5.74) is 0.123. The molecule has 0 atom stereocenters. The topological polar surface area (TPSA) is 113 Å². The Morgan fingerprint density at radius 1 is 0.967 bits per heavy atom. The molecule has 162 valence electrons. The van der Waals surface area contributed by atoms with Crippen molar-refractivity contribution < 1.29 is 31.4 Å². The van der Waals surface area contributed by atoms with E-state index in [1.165, 1.54) is 42.8 Å². The van der Waals surface area contributed by atoms with Crippen molar-refractivity contribution in [3.05, 3.63) is 59.7 Å². The zero-order valence-corrected chi connectivity index (χ0v) is 18.2. The highest BCUT2D eigenvalue weighted by Gasteiger charge is 2.34. The third-order valence-electron chi connectivity index (χ3n) is 4.72. The molecule has 0 unspecified atom stereocenters. The Morgan fingerprint density at radius 3 is 2.13 bits per heavy atom. The van der Waals surface area contributed by atoms with E-state index in [1.54, 1.807) is 18.2 Å². The summed E-state index contributed by atoms with van der Waals surface area (Å²) in [4.78, 5) is -0.694. The van der Waals surface area contributed by atoms with E-state index < -0.39 is 25.6 Å². The molecule has 1 aliphatic heterocycles. The lowest BCUT2D eigenvalue weighted by Crippen LogP contribution is -2.36. The maximum atomic E-state index is 13.1. The maximum Gasteiger partial charge on any atom is 0.243 e. The molecule has 2 aromatic carbocycles. The van der Waals surface area contributed by atoms with Gasteiger partial charge in [0.25, 0.3) is 0 Å². The van der Waals surface area contributed by atoms with Crippen LogP contribution in [0.3, 0.4) is 0 Å². The van der Waals surface area contributed by atoms with Crippen molar-refractivity contribution in [2.24, 2.45) is 0 Å². The van der Waals surface area contributed by atoms with Gasteiger partial charge in [-0.05, 0) is 29.3 Å². The molecule has 0 fully saturated rings. The highest BCUT2D eigenvalue weighted by molar-refractivity contribution is 8.01. The van der Waals surface area contributed by atoms with Gasteiger partial charge in [-0.15, -0.1) is 0 Å². The van der Waals surface area contributed by atoms with Gasteiger partial charge in [-0.2, -0.15) is 4.31 Å². The summed E-state index contributed by atoms with van der Waals surface area (Å²) in [7, 11) is -5.12. The van der Waals surface area contributed by atoms with Crippen molar-refractivity contribution in [3.8, 4) is 0 Å². The molecule has 0 saturated carbocycles. The van der Waals surface area contributed by atoms with E-state index in [1.807, 2.05) is 0 Å². The van der Waals surface area contributed by atoms with Crippen LogP contribution in [0.15, 0.2) is 58.3 Å². The first-order valence-corrected chi connectivity index (χ1v) is 12.0. The second-order valence-corrected chi connectivity index (χ2v) is 10.4. The number of benzene rings is 2. The van der Waals surface area contributed by atoms with Gasteiger partial charge in [0.2, 0.25) is 19.9 Å². The van der Waals surface area contributed by atoms with Gasteiger partial charge in [-0.1, -0.05) is 36.1 Å². The number of fused-ring (bicyclic) bond motifs is 1. The molecule has 0 amide bonds. The minimum Gasteiger partial charge on any atom is -0.871 e. The predicted molar refractivity (Wildman–Crippen MR) is 109 cm³/mol. The Labute approximate surface area is 176 Å². The Bertz CT molecular complexity index is 1150. The van der Waals surface area contributed by atoms with Crippen molar-refractivity contribution in [2.45, 2.75) is 9.79 Å². The van der Waals surface area contributed by atoms with E-state index in [4.69, 9.17) is 9.47 Å². The summed E-state index contributed by atoms with van der Waals surface area (Å²) in [6.07, 6.45) is 0. The van der Waals surface area contributed by atoms with Crippen LogP contribution in [-0.2, 0) is 29.3 Å². The number of nitrogens with zero attached hydrogens (tertiary/aromatic N) is 1. The van der Waals surface area contributed by atoms with Crippen LogP contribution in [0.2, 0.25) is 0 Å². The van der Waals surface area contributed by atoms with Gasteiger partial charge < -0.3 is 14.6 Å². The minimum atomic E-state index is -4.04. The first kappa shape index (κ1) is 22.4. The van der Waals surface area contributed by atoms with Gasteiger partial charge in [0.05, 0.1) is 27.9 Å². The Kier molecular flexibility index (Phi) is 6.63. The van der Waals surface area contributed by atoms with Crippen molar-refractivity contribution in [1.82, 2.24) is 4.31 Å². The molecule has 0 saturated heterocycles. The van der Waals surface area contributed by atoms with E-state index in [2.05, 4.69) is 0 Å². The molecule has 10 heteroatoms. The Morgan fingerprint density at radius 2 is 1.57 bits per heavy atom. The second-order valence-electron chi connectivity index (χ2n) is 6.58. The lowest BCUT2D eigenvalue weighted by atomic mass is 10.1. The van der Waals surface area contributed by atoms with Crippen LogP contribution in [-0.4, -0.2) is 61.7 Å². The molecule has 30 heavy (non-hydrogen) atoms. The Balaban J connectivity index is 2.08. The van der Waals surface area contributed by atoms with Gasteiger partial charge in [0.1, 0.15) is 0 Å². The van der Waals surface area contributed by atoms with Crippen molar-refractivity contribution >= 4 is 30.5 Å². The fourth-order valence-corrected chi connectivity index (χ4v) is 6.34. The Hall–Kier alpha value is -2.24. The fraction of sp³-hybridized carbons (Fsp3) is 0.300. The molecule has 8 nitrogen and oxygen atoms in total. The number of hydrogen-bond donors (Lipinski definition) is 0. The highest BCUT2D eigenvalue weighted by atomic mass is 32.2. The molecule has 0 aromatic heterocycles. The van der Waals surface area contributed by atoms with Gasteiger partial charge in [-0.3, -0.25) is 0 Å². The maximum absolute atomic E-state index is 13.1. The molecule has 0 aliphatic carbocycles. The average molecular weight is 453 g/mol. The molecule has 0 radical (unpaired) electrons. The molecule has 0 N–H and O–H groups in total. The minimum absolute atomic E-state index is 0.0902. The van der Waals surface area contributed by atoms with Crippen molar-refractivity contribution in [1.29, 1.82) is 0 Å². The van der Waals surface area contributed by atoms with E-state index in [0.29, 0.717) is 0 Å². The summed E-state index contributed by atoms with van der Waals surface area (Å²) < 4.78 is 63.2. The fourth-order valence-electron chi connectivity index (χ4n) is 3.20. The summed E-state index contributed by atoms with van der Waals surface area (Å²) in [6.45, 7) is 0.528. The zero-order chi connectivity index (χ0) is 21.9. The van der Waals surface area contributed by atoms with E-state index in [-0.39, 0.29) is 52.1 Å². The smallest absolute Gasteiger partial charge is 0.243 e. The monoisotopic (exact) mass is 452 g/mol. The number of methoxy groups -OCH3 is 2. The lowest BCUT2D eigenvalue weighted by molar-refractivity contribution is -0.242. The third kappa shape index (κ3) is 4.01. The van der Waals surface area contributed by atoms with Crippen LogP contribution in [0.4, 0.5) is 0 Å². The van der Waals surface area contributed by atoms with Crippen LogP contribution in [0.1, 0.15) is 11.1 Å². The molecular weight excluding hydrogens is 430 g/mol. The van der Waals surface area contributed by atoms with Crippen LogP contribution >= 0.6 is 0 Å². The normalized spacial score (nSPS) is 15.6. The standard InChI is InChI=1S/C20H23NO7S2/c1-27-12-10-21(11-13-28-2)30(25,26)16-8-9-18-17(14-16)19(22)20(29(18,23)24)15-6-4-3-5-7-15/h3-9,14,22H,10-13H2,1-2H3/p-1. The SMILES string of the molecule is COCCN(CCOC)S(=O)(=O)c1ccc2c(c1)C([O-])=C(c1ccccc1)S2(=O)=O. The summed E-state index contributed by atoms with van der Waals surface area (Å²) >= 11 is 0. The number of rotatable bonds is 9. The first-order chi connectivity index (χ1) is 14.2. The lowest BCUT2D eigenvalue weighted by Gasteiger charge is -2.22. The van der Waals surface area contributed by atoms with Crippen molar-refractivity contribution in [3.63, 3.8) is 0 Å². The van der Waals surface area contributed by atoms with E-state index >= 15 is 0 Å². The summed E-state index contributed by atoms with van der Waals surface area (Å²) in [5.74, 6) is -0.714. The molecule has 3 rings (SSSR count). The van der Waals surface area contributed by atoms with E-state index in [9.17, 15) is 21.9 Å². The third-order valence-corrected chi connectivity index (χ3v) is 8.51. The van der Waals surface area contributed by atoms with Crippen LogP contribution < -0.4 is 5.11 Å². The number of sulfone groups is 1. The largest absolute Gasteiger partial charge is 0.871 e.